The lowest BCUT2D eigenvalue weighted by Gasteiger charge is -2.17. The van der Waals surface area contributed by atoms with E-state index in [0.29, 0.717) is 0 Å². The molecular weight excluding hydrogens is 411 g/mol. The fourth-order valence-electron chi connectivity index (χ4n) is 3.06. The molecule has 1 heterocycles. The van der Waals surface area contributed by atoms with Gasteiger partial charge >= 0.3 is 0 Å². The summed E-state index contributed by atoms with van der Waals surface area (Å²) in [5.74, 6) is 1.68. The molecule has 1 unspecified atom stereocenters. The van der Waals surface area contributed by atoms with E-state index in [2.05, 4.69) is 57.8 Å². The molecule has 0 spiro atoms. The van der Waals surface area contributed by atoms with Crippen LogP contribution in [0.2, 0.25) is 0 Å². The zero-order valence-electron chi connectivity index (χ0n) is 15.1. The van der Waals surface area contributed by atoms with E-state index in [4.69, 9.17) is 0 Å². The van der Waals surface area contributed by atoms with Crippen molar-refractivity contribution in [3.05, 3.63) is 35.9 Å². The summed E-state index contributed by atoms with van der Waals surface area (Å²) in [7, 11) is 1.85. The highest BCUT2D eigenvalue weighted by atomic mass is 127. The Morgan fingerprint density at radius 3 is 2.75 bits per heavy atom. The monoisotopic (exact) mass is 444 g/mol. The molecule has 0 radical (unpaired) electrons. The number of nitrogens with zero attached hydrogens (tertiary/aromatic N) is 2. The number of nitrogens with one attached hydrogen (secondary N) is 2. The molecule has 136 valence electrons. The van der Waals surface area contributed by atoms with Gasteiger partial charge in [-0.2, -0.15) is 0 Å². The smallest absolute Gasteiger partial charge is 0.190 e. The number of hydrogen-bond donors (Lipinski definition) is 2. The molecule has 1 aliphatic rings. The molecule has 2 N–H and O–H groups in total. The Morgan fingerprint density at radius 1 is 1.25 bits per heavy atom. The number of unbranched alkanes of at least 4 members (excludes halogenated alkanes) is 1. The maximum atomic E-state index is 4.30. The minimum atomic E-state index is 0. The van der Waals surface area contributed by atoms with Gasteiger partial charge in [-0.05, 0) is 37.3 Å². The number of likely N-dealkylation sites (tertiary alicyclic amines) is 1. The van der Waals surface area contributed by atoms with Crippen LogP contribution in [0.5, 0.6) is 0 Å². The third kappa shape index (κ3) is 7.83. The van der Waals surface area contributed by atoms with Crippen molar-refractivity contribution in [1.29, 1.82) is 0 Å². The first-order valence-corrected chi connectivity index (χ1v) is 9.02. The van der Waals surface area contributed by atoms with Gasteiger partial charge in [0.25, 0.3) is 0 Å². The van der Waals surface area contributed by atoms with Gasteiger partial charge in [0, 0.05) is 33.2 Å². The molecule has 1 aliphatic heterocycles. The van der Waals surface area contributed by atoms with E-state index in [9.17, 15) is 0 Å². The van der Waals surface area contributed by atoms with E-state index >= 15 is 0 Å². The van der Waals surface area contributed by atoms with Crippen LogP contribution in [0.1, 0.15) is 31.7 Å². The molecule has 0 amide bonds. The van der Waals surface area contributed by atoms with Crippen molar-refractivity contribution in [3.63, 3.8) is 0 Å². The van der Waals surface area contributed by atoms with Crippen molar-refractivity contribution in [2.75, 3.05) is 39.8 Å². The van der Waals surface area contributed by atoms with Gasteiger partial charge in [-0.25, -0.2) is 0 Å². The molecular formula is C19H33IN4. The Hall–Kier alpha value is -0.820. The number of hydrogen-bond acceptors (Lipinski definition) is 2. The fraction of sp³-hybridized carbons (Fsp3) is 0.632. The normalized spacial score (nSPS) is 18.2. The highest BCUT2D eigenvalue weighted by Gasteiger charge is 2.22. The van der Waals surface area contributed by atoms with Crippen molar-refractivity contribution < 1.29 is 0 Å². The quantitative estimate of drug-likeness (QED) is 0.280. The largest absolute Gasteiger partial charge is 0.356 e. The summed E-state index contributed by atoms with van der Waals surface area (Å²) >= 11 is 0. The standard InChI is InChI=1S/C19H32N4.HI/c1-3-4-12-21-19(20-2)22-15-18-11-14-23(16-18)13-10-17-8-6-5-7-9-17;/h5-9,18H,3-4,10-16H2,1-2H3,(H2,20,21,22);1H. The van der Waals surface area contributed by atoms with Crippen molar-refractivity contribution in [2.24, 2.45) is 10.9 Å². The van der Waals surface area contributed by atoms with Gasteiger partial charge in [0.15, 0.2) is 5.96 Å². The molecule has 1 saturated heterocycles. The number of halogens is 1. The summed E-state index contributed by atoms with van der Waals surface area (Å²) in [6.45, 7) is 7.83. The molecule has 1 atom stereocenters. The number of guanidine groups is 1. The highest BCUT2D eigenvalue weighted by molar-refractivity contribution is 14.0. The first-order chi connectivity index (χ1) is 11.3. The first-order valence-electron chi connectivity index (χ1n) is 9.02. The second-order valence-corrected chi connectivity index (χ2v) is 6.42. The van der Waals surface area contributed by atoms with Gasteiger partial charge < -0.3 is 15.5 Å². The molecule has 5 heteroatoms. The van der Waals surface area contributed by atoms with Crippen LogP contribution in [0.4, 0.5) is 0 Å². The SMILES string of the molecule is CCCCNC(=NC)NCC1CCN(CCc2ccccc2)C1.I. The molecule has 0 aliphatic carbocycles. The van der Waals surface area contributed by atoms with E-state index < -0.39 is 0 Å². The van der Waals surface area contributed by atoms with Gasteiger partial charge in [0.2, 0.25) is 0 Å². The van der Waals surface area contributed by atoms with Gasteiger partial charge in [-0.1, -0.05) is 43.7 Å². The number of aliphatic imine (C=N–C) groups is 1. The van der Waals surface area contributed by atoms with E-state index in [1.165, 1.54) is 44.5 Å². The van der Waals surface area contributed by atoms with E-state index in [1.807, 2.05) is 7.05 Å². The maximum Gasteiger partial charge on any atom is 0.190 e. The summed E-state index contributed by atoms with van der Waals surface area (Å²) in [6.07, 6.45) is 4.84. The zero-order chi connectivity index (χ0) is 16.3. The lowest BCUT2D eigenvalue weighted by atomic mass is 10.1. The Labute approximate surface area is 164 Å². The summed E-state index contributed by atoms with van der Waals surface area (Å²) in [4.78, 5) is 6.89. The summed E-state index contributed by atoms with van der Waals surface area (Å²) in [6, 6.07) is 10.8. The molecule has 2 rings (SSSR count). The second-order valence-electron chi connectivity index (χ2n) is 6.42. The summed E-state index contributed by atoms with van der Waals surface area (Å²) < 4.78 is 0. The predicted molar refractivity (Wildman–Crippen MR) is 114 cm³/mol. The molecule has 1 aromatic carbocycles. The molecule has 0 aromatic heterocycles. The van der Waals surface area contributed by atoms with Crippen LogP contribution in [-0.4, -0.2) is 50.6 Å². The van der Waals surface area contributed by atoms with Crippen LogP contribution in [0.15, 0.2) is 35.3 Å². The van der Waals surface area contributed by atoms with Crippen molar-refractivity contribution in [1.82, 2.24) is 15.5 Å². The zero-order valence-corrected chi connectivity index (χ0v) is 17.5. The van der Waals surface area contributed by atoms with Crippen molar-refractivity contribution in [3.8, 4) is 0 Å². The fourth-order valence-corrected chi connectivity index (χ4v) is 3.06. The van der Waals surface area contributed by atoms with Gasteiger partial charge in [0.05, 0.1) is 0 Å². The predicted octanol–water partition coefficient (Wildman–Crippen LogP) is 3.13. The summed E-state index contributed by atoms with van der Waals surface area (Å²) in [5.41, 5.74) is 1.44. The van der Waals surface area contributed by atoms with Crippen LogP contribution in [0, 0.1) is 5.92 Å². The number of benzene rings is 1. The summed E-state index contributed by atoms with van der Waals surface area (Å²) in [5, 5.41) is 6.85. The minimum Gasteiger partial charge on any atom is -0.356 e. The number of rotatable bonds is 8. The van der Waals surface area contributed by atoms with Gasteiger partial charge in [-0.15, -0.1) is 24.0 Å². The van der Waals surface area contributed by atoms with Crippen LogP contribution in [0.25, 0.3) is 0 Å². The molecule has 0 bridgehead atoms. The topological polar surface area (TPSA) is 39.7 Å². The Balaban J connectivity index is 0.00000288. The van der Waals surface area contributed by atoms with Gasteiger partial charge in [-0.3, -0.25) is 4.99 Å². The van der Waals surface area contributed by atoms with Gasteiger partial charge in [0.1, 0.15) is 0 Å². The van der Waals surface area contributed by atoms with E-state index in [1.54, 1.807) is 0 Å². The minimum absolute atomic E-state index is 0. The maximum absolute atomic E-state index is 4.30. The van der Waals surface area contributed by atoms with Crippen LogP contribution < -0.4 is 10.6 Å². The molecule has 1 fully saturated rings. The Bertz CT molecular complexity index is 464. The third-order valence-electron chi connectivity index (χ3n) is 4.53. The molecule has 24 heavy (non-hydrogen) atoms. The van der Waals surface area contributed by atoms with Crippen LogP contribution >= 0.6 is 24.0 Å². The van der Waals surface area contributed by atoms with E-state index in [-0.39, 0.29) is 24.0 Å². The third-order valence-corrected chi connectivity index (χ3v) is 4.53. The lowest BCUT2D eigenvalue weighted by Crippen LogP contribution is -2.40. The van der Waals surface area contributed by atoms with Crippen molar-refractivity contribution >= 4 is 29.9 Å². The van der Waals surface area contributed by atoms with Crippen LogP contribution in [0.3, 0.4) is 0 Å². The first kappa shape index (κ1) is 21.2. The lowest BCUT2D eigenvalue weighted by molar-refractivity contribution is 0.328. The second kappa shape index (κ2) is 12.5. The Kier molecular flexibility index (Phi) is 11.1. The highest BCUT2D eigenvalue weighted by Crippen LogP contribution is 2.15. The molecule has 1 aromatic rings. The average molecular weight is 444 g/mol. The average Bonchev–Trinajstić information content (AvgIpc) is 3.05. The molecule has 4 nitrogen and oxygen atoms in total. The van der Waals surface area contributed by atoms with Crippen molar-refractivity contribution in [2.45, 2.75) is 32.6 Å². The Morgan fingerprint density at radius 2 is 2.04 bits per heavy atom. The van der Waals surface area contributed by atoms with Crippen LogP contribution in [-0.2, 0) is 6.42 Å². The van der Waals surface area contributed by atoms with E-state index in [0.717, 1.165) is 31.4 Å². The molecule has 0 saturated carbocycles.